The van der Waals surface area contributed by atoms with Gasteiger partial charge in [-0.1, -0.05) is 23.2 Å². The number of halogens is 2. The summed E-state index contributed by atoms with van der Waals surface area (Å²) in [6, 6.07) is 5.48. The van der Waals surface area contributed by atoms with E-state index in [-0.39, 0.29) is 0 Å². The zero-order valence-corrected chi connectivity index (χ0v) is 11.7. The molecule has 18 heavy (non-hydrogen) atoms. The van der Waals surface area contributed by atoms with E-state index >= 15 is 0 Å². The molecule has 0 amide bonds. The van der Waals surface area contributed by atoms with Crippen LogP contribution >= 0.6 is 23.2 Å². The quantitative estimate of drug-likeness (QED) is 0.903. The minimum atomic E-state index is -0.610. The molecule has 2 aliphatic heterocycles. The lowest BCUT2D eigenvalue weighted by molar-refractivity contribution is -0.0438. The Morgan fingerprint density at radius 2 is 2.17 bits per heavy atom. The number of nitrogens with zero attached hydrogens (tertiary/aromatic N) is 1. The number of hydrogen-bond acceptors (Lipinski definition) is 2. The topological polar surface area (TPSA) is 23.5 Å². The van der Waals surface area contributed by atoms with Crippen molar-refractivity contribution in [3.63, 3.8) is 0 Å². The van der Waals surface area contributed by atoms with E-state index in [4.69, 9.17) is 23.2 Å². The SMILES string of the molecule is OC1(Cc2cc(Cl)ccc2Cl)CCN2CCC1C2. The number of fused-ring (bicyclic) bond motifs is 2. The van der Waals surface area contributed by atoms with Crippen LogP contribution in [0.1, 0.15) is 18.4 Å². The van der Waals surface area contributed by atoms with Crippen LogP contribution in [0.5, 0.6) is 0 Å². The Morgan fingerprint density at radius 3 is 3.00 bits per heavy atom. The van der Waals surface area contributed by atoms with Gasteiger partial charge in [-0.2, -0.15) is 0 Å². The van der Waals surface area contributed by atoms with Crippen molar-refractivity contribution >= 4 is 23.2 Å². The number of aliphatic hydroxyl groups is 1. The van der Waals surface area contributed by atoms with Crippen molar-refractivity contribution in [1.29, 1.82) is 0 Å². The Hall–Kier alpha value is -0.280. The highest BCUT2D eigenvalue weighted by Gasteiger charge is 2.44. The van der Waals surface area contributed by atoms with Crippen LogP contribution in [0.4, 0.5) is 0 Å². The van der Waals surface area contributed by atoms with Crippen molar-refractivity contribution in [2.75, 3.05) is 19.6 Å². The molecule has 0 aromatic heterocycles. The summed E-state index contributed by atoms with van der Waals surface area (Å²) >= 11 is 12.2. The van der Waals surface area contributed by atoms with Gasteiger partial charge in [0.15, 0.2) is 0 Å². The van der Waals surface area contributed by atoms with Crippen molar-refractivity contribution < 1.29 is 5.11 Å². The second-order valence-corrected chi connectivity index (χ2v) is 6.40. The van der Waals surface area contributed by atoms with E-state index in [0.29, 0.717) is 22.4 Å². The van der Waals surface area contributed by atoms with E-state index in [1.165, 1.54) is 0 Å². The summed E-state index contributed by atoms with van der Waals surface area (Å²) in [5, 5.41) is 12.3. The summed E-state index contributed by atoms with van der Waals surface area (Å²) in [6.07, 6.45) is 2.54. The molecule has 2 saturated heterocycles. The molecule has 1 N–H and O–H groups in total. The molecule has 98 valence electrons. The van der Waals surface area contributed by atoms with Gasteiger partial charge in [-0.05, 0) is 43.1 Å². The first-order chi connectivity index (χ1) is 8.57. The highest BCUT2D eigenvalue weighted by atomic mass is 35.5. The van der Waals surface area contributed by atoms with E-state index in [1.54, 1.807) is 6.07 Å². The lowest BCUT2D eigenvalue weighted by Gasteiger charge is -2.39. The number of rotatable bonds is 2. The largest absolute Gasteiger partial charge is 0.389 e. The fourth-order valence-electron chi connectivity index (χ4n) is 3.27. The van der Waals surface area contributed by atoms with Crippen LogP contribution in [0.3, 0.4) is 0 Å². The molecule has 1 aromatic rings. The molecule has 3 atom stereocenters. The lowest BCUT2D eigenvalue weighted by Crippen LogP contribution is -2.47. The van der Waals surface area contributed by atoms with Gasteiger partial charge in [-0.15, -0.1) is 0 Å². The first-order valence-corrected chi connectivity index (χ1v) is 7.21. The van der Waals surface area contributed by atoms with Gasteiger partial charge < -0.3 is 10.0 Å². The predicted octanol–water partition coefficient (Wildman–Crippen LogP) is 2.99. The second-order valence-electron chi connectivity index (χ2n) is 5.55. The Bertz CT molecular complexity index is 465. The van der Waals surface area contributed by atoms with E-state index in [0.717, 1.165) is 38.0 Å². The lowest BCUT2D eigenvalue weighted by atomic mass is 9.78. The number of benzene rings is 1. The minimum Gasteiger partial charge on any atom is -0.389 e. The van der Waals surface area contributed by atoms with Crippen LogP contribution in [0.15, 0.2) is 18.2 Å². The Morgan fingerprint density at radius 1 is 1.33 bits per heavy atom. The van der Waals surface area contributed by atoms with Crippen LogP contribution in [0.2, 0.25) is 10.0 Å². The normalized spacial score (nSPS) is 34.8. The van der Waals surface area contributed by atoms with Crippen LogP contribution in [0.25, 0.3) is 0 Å². The molecule has 4 heteroatoms. The van der Waals surface area contributed by atoms with E-state index in [9.17, 15) is 5.11 Å². The molecular formula is C14H17Cl2NO. The van der Waals surface area contributed by atoms with Crippen molar-refractivity contribution in [3.05, 3.63) is 33.8 Å². The second kappa shape index (κ2) is 4.68. The molecule has 3 unspecified atom stereocenters. The average molecular weight is 286 g/mol. The maximum absolute atomic E-state index is 10.9. The van der Waals surface area contributed by atoms with Crippen molar-refractivity contribution in [2.45, 2.75) is 24.9 Å². The molecule has 2 aliphatic rings. The maximum Gasteiger partial charge on any atom is 0.0741 e. The van der Waals surface area contributed by atoms with Gasteiger partial charge >= 0.3 is 0 Å². The van der Waals surface area contributed by atoms with E-state index in [1.807, 2.05) is 12.1 Å². The molecule has 2 nitrogen and oxygen atoms in total. The zero-order chi connectivity index (χ0) is 12.8. The van der Waals surface area contributed by atoms with Gasteiger partial charge in [0.25, 0.3) is 0 Å². The maximum atomic E-state index is 10.9. The first-order valence-electron chi connectivity index (χ1n) is 6.45. The fourth-order valence-corrected chi connectivity index (χ4v) is 3.65. The first kappa shape index (κ1) is 12.7. The van der Waals surface area contributed by atoms with Crippen molar-refractivity contribution in [2.24, 2.45) is 5.92 Å². The number of piperidine rings is 1. The Kier molecular flexibility index (Phi) is 3.31. The average Bonchev–Trinajstić information content (AvgIpc) is 2.75. The van der Waals surface area contributed by atoms with Crippen molar-refractivity contribution in [3.8, 4) is 0 Å². The fraction of sp³-hybridized carbons (Fsp3) is 0.571. The summed E-state index contributed by atoms with van der Waals surface area (Å²) in [4.78, 5) is 2.43. The highest BCUT2D eigenvalue weighted by Crippen LogP contribution is 2.39. The third-order valence-electron chi connectivity index (χ3n) is 4.40. The van der Waals surface area contributed by atoms with Crippen LogP contribution in [-0.2, 0) is 6.42 Å². The highest BCUT2D eigenvalue weighted by molar-refractivity contribution is 6.33. The van der Waals surface area contributed by atoms with E-state index < -0.39 is 5.60 Å². The van der Waals surface area contributed by atoms with Crippen LogP contribution in [0, 0.1) is 5.92 Å². The molecule has 2 bridgehead atoms. The zero-order valence-electron chi connectivity index (χ0n) is 10.2. The molecule has 0 saturated carbocycles. The van der Waals surface area contributed by atoms with Crippen LogP contribution in [-0.4, -0.2) is 35.2 Å². The standard InChI is InChI=1S/C14H17Cl2NO/c15-12-1-2-13(16)10(7-12)8-14(18)4-6-17-5-3-11(14)9-17/h1-2,7,11,18H,3-6,8-9H2. The van der Waals surface area contributed by atoms with Crippen LogP contribution < -0.4 is 0 Å². The third kappa shape index (κ3) is 2.27. The summed E-state index contributed by atoms with van der Waals surface area (Å²) < 4.78 is 0. The van der Waals surface area contributed by atoms with Gasteiger partial charge in [0.1, 0.15) is 0 Å². The molecule has 0 radical (unpaired) electrons. The predicted molar refractivity (Wildman–Crippen MR) is 74.3 cm³/mol. The molecule has 0 aliphatic carbocycles. The molecule has 2 fully saturated rings. The summed E-state index contributed by atoms with van der Waals surface area (Å²) in [6.45, 7) is 3.14. The third-order valence-corrected chi connectivity index (χ3v) is 5.00. The number of hydrogen-bond donors (Lipinski definition) is 1. The van der Waals surface area contributed by atoms with Gasteiger partial charge in [0.2, 0.25) is 0 Å². The summed E-state index contributed by atoms with van der Waals surface area (Å²) in [5.41, 5.74) is 0.355. The monoisotopic (exact) mass is 285 g/mol. The molecule has 1 aromatic carbocycles. The Balaban J connectivity index is 1.84. The molecule has 0 spiro atoms. The molecule has 2 heterocycles. The van der Waals surface area contributed by atoms with Gasteiger partial charge in [0, 0.05) is 35.5 Å². The van der Waals surface area contributed by atoms with Gasteiger partial charge in [0.05, 0.1) is 5.60 Å². The molecule has 3 rings (SSSR count). The van der Waals surface area contributed by atoms with Gasteiger partial charge in [-0.3, -0.25) is 0 Å². The minimum absolute atomic E-state index is 0.376. The smallest absolute Gasteiger partial charge is 0.0741 e. The van der Waals surface area contributed by atoms with Crippen molar-refractivity contribution in [1.82, 2.24) is 4.90 Å². The summed E-state index contributed by atoms with van der Waals surface area (Å²) in [5.74, 6) is 0.376. The summed E-state index contributed by atoms with van der Waals surface area (Å²) in [7, 11) is 0. The van der Waals surface area contributed by atoms with Gasteiger partial charge in [-0.25, -0.2) is 0 Å². The van der Waals surface area contributed by atoms with E-state index in [2.05, 4.69) is 4.90 Å². The Labute approximate surface area is 117 Å². The molecular weight excluding hydrogens is 269 g/mol.